The van der Waals surface area contributed by atoms with Gasteiger partial charge in [0, 0.05) is 19.1 Å². The van der Waals surface area contributed by atoms with Crippen LogP contribution in [0.1, 0.15) is 20.3 Å². The Labute approximate surface area is 89.6 Å². The van der Waals surface area contributed by atoms with Crippen LogP contribution in [0.4, 0.5) is 0 Å². The molecule has 88 valence electrons. The van der Waals surface area contributed by atoms with Gasteiger partial charge in [-0.25, -0.2) is 0 Å². The molecule has 0 spiro atoms. The third-order valence-electron chi connectivity index (χ3n) is 2.65. The van der Waals surface area contributed by atoms with Crippen LogP contribution in [-0.2, 0) is 9.53 Å². The molecule has 3 atom stereocenters. The minimum Gasteiger partial charge on any atom is -0.481 e. The summed E-state index contributed by atoms with van der Waals surface area (Å²) in [6, 6.07) is -0.0112. The van der Waals surface area contributed by atoms with Gasteiger partial charge in [-0.2, -0.15) is 0 Å². The number of nitrogens with zero attached hydrogens (tertiary/aromatic N) is 1. The molecule has 1 fully saturated rings. The number of aliphatic hydroxyl groups is 1. The predicted octanol–water partition coefficient (Wildman–Crippen LogP) is -0.0688. The zero-order valence-electron chi connectivity index (χ0n) is 9.22. The Balaban J connectivity index is 2.49. The lowest BCUT2D eigenvalue weighted by Gasteiger charge is -2.39. The van der Waals surface area contributed by atoms with Gasteiger partial charge >= 0.3 is 5.97 Å². The van der Waals surface area contributed by atoms with Crippen LogP contribution in [0.3, 0.4) is 0 Å². The van der Waals surface area contributed by atoms with Crippen molar-refractivity contribution in [1.29, 1.82) is 0 Å². The molecule has 5 heteroatoms. The standard InChI is InChI=1S/C10H19NO4/c1-7(3-10(13)14)11-4-8(2)15-9(5-11)6-12/h7-9,12H,3-6H2,1-2H3,(H,13,14). The van der Waals surface area contributed by atoms with Gasteiger partial charge in [-0.3, -0.25) is 9.69 Å². The van der Waals surface area contributed by atoms with E-state index in [-0.39, 0.29) is 31.3 Å². The lowest BCUT2D eigenvalue weighted by molar-refractivity contribution is -0.141. The summed E-state index contributed by atoms with van der Waals surface area (Å²) in [6.07, 6.45) is -0.0117. The molecule has 1 rings (SSSR count). The summed E-state index contributed by atoms with van der Waals surface area (Å²) in [5.74, 6) is -0.790. The Bertz CT molecular complexity index is 221. The molecule has 0 saturated carbocycles. The second-order valence-corrected chi connectivity index (χ2v) is 4.15. The Morgan fingerprint density at radius 3 is 2.80 bits per heavy atom. The van der Waals surface area contributed by atoms with Gasteiger partial charge in [0.2, 0.25) is 0 Å². The van der Waals surface area contributed by atoms with Crippen LogP contribution in [-0.4, -0.2) is 59.0 Å². The van der Waals surface area contributed by atoms with Gasteiger partial charge in [-0.05, 0) is 13.8 Å². The highest BCUT2D eigenvalue weighted by Crippen LogP contribution is 2.15. The molecule has 0 bridgehead atoms. The highest BCUT2D eigenvalue weighted by Gasteiger charge is 2.28. The van der Waals surface area contributed by atoms with Gasteiger partial charge in [-0.1, -0.05) is 0 Å². The number of hydrogen-bond donors (Lipinski definition) is 2. The molecule has 0 radical (unpaired) electrons. The van der Waals surface area contributed by atoms with Crippen molar-refractivity contribution in [1.82, 2.24) is 4.90 Å². The van der Waals surface area contributed by atoms with Crippen molar-refractivity contribution in [3.8, 4) is 0 Å². The number of morpholine rings is 1. The summed E-state index contributed by atoms with van der Waals surface area (Å²) in [6.45, 7) is 5.14. The van der Waals surface area contributed by atoms with Crippen molar-refractivity contribution in [2.75, 3.05) is 19.7 Å². The third-order valence-corrected chi connectivity index (χ3v) is 2.65. The van der Waals surface area contributed by atoms with E-state index < -0.39 is 5.97 Å². The molecule has 5 nitrogen and oxygen atoms in total. The fourth-order valence-electron chi connectivity index (χ4n) is 1.92. The second kappa shape index (κ2) is 5.44. The van der Waals surface area contributed by atoms with E-state index in [0.29, 0.717) is 6.54 Å². The van der Waals surface area contributed by atoms with Crippen LogP contribution in [0, 0.1) is 0 Å². The number of carboxylic acids is 1. The highest BCUT2D eigenvalue weighted by molar-refractivity contribution is 5.67. The van der Waals surface area contributed by atoms with E-state index in [1.54, 1.807) is 0 Å². The molecule has 0 aromatic carbocycles. The Hall–Kier alpha value is -0.650. The summed E-state index contributed by atoms with van der Waals surface area (Å²) < 4.78 is 5.48. The lowest BCUT2D eigenvalue weighted by Crippen LogP contribution is -2.51. The van der Waals surface area contributed by atoms with Crippen LogP contribution in [0.5, 0.6) is 0 Å². The molecule has 2 N–H and O–H groups in total. The molecule has 0 aliphatic carbocycles. The van der Waals surface area contributed by atoms with Crippen LogP contribution < -0.4 is 0 Å². The molecule has 0 aromatic heterocycles. The fraction of sp³-hybridized carbons (Fsp3) is 0.900. The predicted molar refractivity (Wildman–Crippen MR) is 54.7 cm³/mol. The first-order valence-electron chi connectivity index (χ1n) is 5.25. The minimum absolute atomic E-state index is 0.0112. The van der Waals surface area contributed by atoms with Crippen molar-refractivity contribution >= 4 is 5.97 Å². The van der Waals surface area contributed by atoms with Gasteiger partial charge in [0.1, 0.15) is 0 Å². The Morgan fingerprint density at radius 2 is 2.27 bits per heavy atom. The molecule has 0 aromatic rings. The highest BCUT2D eigenvalue weighted by atomic mass is 16.5. The molecular weight excluding hydrogens is 198 g/mol. The summed E-state index contributed by atoms with van der Waals surface area (Å²) in [5, 5.41) is 17.7. The number of aliphatic carboxylic acids is 1. The van der Waals surface area contributed by atoms with E-state index in [0.717, 1.165) is 6.54 Å². The van der Waals surface area contributed by atoms with Crippen molar-refractivity contribution in [2.45, 2.75) is 38.5 Å². The number of ether oxygens (including phenoxy) is 1. The largest absolute Gasteiger partial charge is 0.481 e. The van der Waals surface area contributed by atoms with Gasteiger partial charge in [0.15, 0.2) is 0 Å². The van der Waals surface area contributed by atoms with Gasteiger partial charge in [-0.15, -0.1) is 0 Å². The summed E-state index contributed by atoms with van der Waals surface area (Å²) in [5.41, 5.74) is 0. The van der Waals surface area contributed by atoms with Gasteiger partial charge < -0.3 is 14.9 Å². The molecule has 1 saturated heterocycles. The monoisotopic (exact) mass is 217 g/mol. The molecule has 0 amide bonds. The molecule has 15 heavy (non-hydrogen) atoms. The van der Waals surface area contributed by atoms with E-state index in [2.05, 4.69) is 4.90 Å². The van der Waals surface area contributed by atoms with Crippen molar-refractivity contribution in [3.63, 3.8) is 0 Å². The maximum atomic E-state index is 10.6. The van der Waals surface area contributed by atoms with E-state index in [9.17, 15) is 4.79 Å². The molecule has 1 aliphatic heterocycles. The summed E-state index contributed by atoms with van der Waals surface area (Å²) in [7, 11) is 0. The SMILES string of the molecule is CC1CN(C(C)CC(=O)O)CC(CO)O1. The molecule has 1 heterocycles. The number of carbonyl (C=O) groups is 1. The fourth-order valence-corrected chi connectivity index (χ4v) is 1.92. The zero-order valence-corrected chi connectivity index (χ0v) is 9.22. The van der Waals surface area contributed by atoms with Crippen molar-refractivity contribution < 1.29 is 19.7 Å². The van der Waals surface area contributed by atoms with Crippen molar-refractivity contribution in [3.05, 3.63) is 0 Å². The maximum absolute atomic E-state index is 10.6. The Morgan fingerprint density at radius 1 is 1.60 bits per heavy atom. The van der Waals surface area contributed by atoms with Crippen LogP contribution in [0.25, 0.3) is 0 Å². The average Bonchev–Trinajstić information content (AvgIpc) is 2.15. The van der Waals surface area contributed by atoms with Crippen LogP contribution in [0.2, 0.25) is 0 Å². The number of hydrogen-bond acceptors (Lipinski definition) is 4. The second-order valence-electron chi connectivity index (χ2n) is 4.15. The molecular formula is C10H19NO4. The lowest BCUT2D eigenvalue weighted by atomic mass is 10.1. The number of aliphatic hydroxyl groups excluding tert-OH is 1. The topological polar surface area (TPSA) is 70.0 Å². The first-order chi connectivity index (χ1) is 7.02. The first kappa shape index (κ1) is 12.4. The number of carboxylic acid groups (broad SMARTS) is 1. The quantitative estimate of drug-likeness (QED) is 0.690. The third kappa shape index (κ3) is 3.77. The van der Waals surface area contributed by atoms with E-state index in [4.69, 9.17) is 14.9 Å². The number of rotatable bonds is 4. The normalized spacial score (nSPS) is 30.1. The average molecular weight is 217 g/mol. The van der Waals surface area contributed by atoms with Gasteiger partial charge in [0.25, 0.3) is 0 Å². The van der Waals surface area contributed by atoms with E-state index >= 15 is 0 Å². The summed E-state index contributed by atoms with van der Waals surface area (Å²) >= 11 is 0. The van der Waals surface area contributed by atoms with Gasteiger partial charge in [0.05, 0.1) is 25.2 Å². The first-order valence-corrected chi connectivity index (χ1v) is 5.25. The minimum atomic E-state index is -0.790. The maximum Gasteiger partial charge on any atom is 0.304 e. The van der Waals surface area contributed by atoms with Crippen LogP contribution >= 0.6 is 0 Å². The molecule has 3 unspecified atom stereocenters. The van der Waals surface area contributed by atoms with E-state index in [1.165, 1.54) is 0 Å². The summed E-state index contributed by atoms with van der Waals surface area (Å²) in [4.78, 5) is 12.6. The Kier molecular flexibility index (Phi) is 4.50. The van der Waals surface area contributed by atoms with Crippen molar-refractivity contribution in [2.24, 2.45) is 0 Å². The van der Waals surface area contributed by atoms with Crippen LogP contribution in [0.15, 0.2) is 0 Å². The molecule has 1 aliphatic rings. The van der Waals surface area contributed by atoms with E-state index in [1.807, 2.05) is 13.8 Å². The smallest absolute Gasteiger partial charge is 0.304 e. The zero-order chi connectivity index (χ0) is 11.4.